The molecule has 3 nitrogen and oxygen atoms in total. The fraction of sp³-hybridized carbons (Fsp3) is 0.100. The average Bonchev–Trinajstić information content (AvgIpc) is 2.71. The number of rotatable bonds is 2. The van der Waals surface area contributed by atoms with Crippen LogP contribution in [0.4, 0.5) is 0 Å². The Morgan fingerprint density at radius 2 is 1.92 bits per heavy atom. The molecule has 0 aromatic carbocycles. The number of aromatic nitrogens is 2. The van der Waals surface area contributed by atoms with Gasteiger partial charge in [0.05, 0.1) is 12.3 Å². The van der Waals surface area contributed by atoms with E-state index in [1.807, 2.05) is 41.2 Å². The van der Waals surface area contributed by atoms with Crippen molar-refractivity contribution in [1.29, 1.82) is 0 Å². The van der Waals surface area contributed by atoms with Crippen LogP contribution in [0.2, 0.25) is 0 Å². The second-order valence-corrected chi connectivity index (χ2v) is 2.74. The van der Waals surface area contributed by atoms with E-state index in [2.05, 4.69) is 4.98 Å². The predicted molar refractivity (Wildman–Crippen MR) is 49.5 cm³/mol. The summed E-state index contributed by atoms with van der Waals surface area (Å²) in [5.41, 5.74) is 0.686. The predicted octanol–water partition coefficient (Wildman–Crippen LogP) is 1.36. The normalized spacial score (nSPS) is 10.2. The maximum Gasteiger partial charge on any atom is 0.136 e. The van der Waals surface area contributed by atoms with E-state index in [0.29, 0.717) is 5.69 Å². The van der Waals surface area contributed by atoms with Crippen molar-refractivity contribution in [2.75, 3.05) is 0 Å². The molecule has 2 rings (SSSR count). The van der Waals surface area contributed by atoms with E-state index in [1.54, 1.807) is 6.07 Å². The van der Waals surface area contributed by atoms with Crippen LogP contribution >= 0.6 is 0 Å². The molecule has 66 valence electrons. The minimum absolute atomic E-state index is 0.0187. The molecule has 0 aliphatic heterocycles. The van der Waals surface area contributed by atoms with Crippen molar-refractivity contribution in [3.8, 4) is 5.82 Å². The van der Waals surface area contributed by atoms with Gasteiger partial charge in [-0.2, -0.15) is 0 Å². The second kappa shape index (κ2) is 3.41. The smallest absolute Gasteiger partial charge is 0.136 e. The van der Waals surface area contributed by atoms with Crippen molar-refractivity contribution in [3.05, 3.63) is 48.4 Å². The summed E-state index contributed by atoms with van der Waals surface area (Å²) >= 11 is 0. The van der Waals surface area contributed by atoms with Crippen molar-refractivity contribution in [3.63, 3.8) is 0 Å². The molecule has 0 atom stereocenters. The standard InChI is InChI=1S/C10H10N2O/c13-8-9-4-3-5-10(11-9)12-6-1-2-7-12/h1-7,13H,8H2. The first kappa shape index (κ1) is 8.01. The molecule has 0 radical (unpaired) electrons. The van der Waals surface area contributed by atoms with E-state index in [0.717, 1.165) is 5.82 Å². The van der Waals surface area contributed by atoms with Gasteiger partial charge in [0.2, 0.25) is 0 Å². The number of pyridine rings is 1. The fourth-order valence-electron chi connectivity index (χ4n) is 1.19. The van der Waals surface area contributed by atoms with Crippen molar-refractivity contribution in [2.45, 2.75) is 6.61 Å². The van der Waals surface area contributed by atoms with Gasteiger partial charge in [0.25, 0.3) is 0 Å². The van der Waals surface area contributed by atoms with Gasteiger partial charge in [0, 0.05) is 12.4 Å². The van der Waals surface area contributed by atoms with Gasteiger partial charge in [-0.1, -0.05) is 6.07 Å². The highest BCUT2D eigenvalue weighted by atomic mass is 16.3. The maximum atomic E-state index is 8.89. The van der Waals surface area contributed by atoms with Crippen LogP contribution in [-0.2, 0) is 6.61 Å². The molecular weight excluding hydrogens is 164 g/mol. The monoisotopic (exact) mass is 174 g/mol. The minimum Gasteiger partial charge on any atom is -0.390 e. The Morgan fingerprint density at radius 3 is 2.62 bits per heavy atom. The van der Waals surface area contributed by atoms with E-state index in [-0.39, 0.29) is 6.61 Å². The Kier molecular flexibility index (Phi) is 2.10. The number of aliphatic hydroxyl groups is 1. The third kappa shape index (κ3) is 1.60. The van der Waals surface area contributed by atoms with Crippen molar-refractivity contribution in [1.82, 2.24) is 9.55 Å². The highest BCUT2D eigenvalue weighted by Crippen LogP contribution is 2.05. The van der Waals surface area contributed by atoms with Crippen LogP contribution in [0.1, 0.15) is 5.69 Å². The lowest BCUT2D eigenvalue weighted by Gasteiger charge is -2.02. The van der Waals surface area contributed by atoms with Gasteiger partial charge in [-0.25, -0.2) is 4.98 Å². The van der Waals surface area contributed by atoms with Gasteiger partial charge in [-0.3, -0.25) is 0 Å². The third-order valence-corrected chi connectivity index (χ3v) is 1.82. The summed E-state index contributed by atoms with van der Waals surface area (Å²) in [5, 5.41) is 8.89. The summed E-state index contributed by atoms with van der Waals surface area (Å²) < 4.78 is 1.90. The van der Waals surface area contributed by atoms with Crippen molar-refractivity contribution < 1.29 is 5.11 Å². The first-order chi connectivity index (χ1) is 6.40. The summed E-state index contributed by atoms with van der Waals surface area (Å²) in [5.74, 6) is 0.830. The van der Waals surface area contributed by atoms with Crippen molar-refractivity contribution in [2.24, 2.45) is 0 Å². The van der Waals surface area contributed by atoms with Gasteiger partial charge in [-0.05, 0) is 24.3 Å². The lowest BCUT2D eigenvalue weighted by molar-refractivity contribution is 0.277. The molecule has 0 fully saturated rings. The second-order valence-electron chi connectivity index (χ2n) is 2.74. The summed E-state index contributed by atoms with van der Waals surface area (Å²) in [6.45, 7) is -0.0187. The number of nitrogens with zero attached hydrogens (tertiary/aromatic N) is 2. The van der Waals surface area contributed by atoms with Crippen LogP contribution in [0.5, 0.6) is 0 Å². The highest BCUT2D eigenvalue weighted by molar-refractivity contribution is 5.25. The minimum atomic E-state index is -0.0187. The van der Waals surface area contributed by atoms with Crippen LogP contribution in [0.25, 0.3) is 5.82 Å². The number of hydrogen-bond donors (Lipinski definition) is 1. The Hall–Kier alpha value is -1.61. The summed E-state index contributed by atoms with van der Waals surface area (Å²) in [6.07, 6.45) is 3.84. The Labute approximate surface area is 76.3 Å². The van der Waals surface area contributed by atoms with Gasteiger partial charge >= 0.3 is 0 Å². The summed E-state index contributed by atoms with van der Waals surface area (Å²) in [7, 11) is 0. The SMILES string of the molecule is OCc1cccc(-n2cccc2)n1. The molecule has 0 saturated carbocycles. The van der Waals surface area contributed by atoms with Crippen LogP contribution in [0, 0.1) is 0 Å². The molecule has 0 aliphatic rings. The van der Waals surface area contributed by atoms with Crippen LogP contribution in [-0.4, -0.2) is 14.7 Å². The number of hydrogen-bond acceptors (Lipinski definition) is 2. The Balaban J connectivity index is 2.41. The molecule has 0 unspecified atom stereocenters. The molecule has 0 amide bonds. The first-order valence-electron chi connectivity index (χ1n) is 4.10. The van der Waals surface area contributed by atoms with Crippen molar-refractivity contribution >= 4 is 0 Å². The molecule has 0 spiro atoms. The van der Waals surface area contributed by atoms with Crippen LogP contribution in [0.3, 0.4) is 0 Å². The summed E-state index contributed by atoms with van der Waals surface area (Å²) in [4.78, 5) is 4.25. The highest BCUT2D eigenvalue weighted by Gasteiger charge is 1.96. The molecule has 13 heavy (non-hydrogen) atoms. The molecule has 0 saturated heterocycles. The molecule has 2 heterocycles. The fourth-order valence-corrected chi connectivity index (χ4v) is 1.19. The molecule has 2 aromatic heterocycles. The first-order valence-corrected chi connectivity index (χ1v) is 4.10. The lowest BCUT2D eigenvalue weighted by atomic mass is 10.3. The van der Waals surface area contributed by atoms with Gasteiger partial charge in [-0.15, -0.1) is 0 Å². The molecule has 2 aromatic rings. The summed E-state index contributed by atoms with van der Waals surface area (Å²) in [6, 6.07) is 9.46. The Morgan fingerprint density at radius 1 is 1.15 bits per heavy atom. The molecule has 0 bridgehead atoms. The molecular formula is C10H10N2O. The largest absolute Gasteiger partial charge is 0.390 e. The van der Waals surface area contributed by atoms with Gasteiger partial charge in [0.1, 0.15) is 5.82 Å². The Bertz CT molecular complexity index is 382. The number of aliphatic hydroxyl groups excluding tert-OH is 1. The van der Waals surface area contributed by atoms with E-state index < -0.39 is 0 Å². The molecule has 1 N–H and O–H groups in total. The maximum absolute atomic E-state index is 8.89. The topological polar surface area (TPSA) is 38.0 Å². The average molecular weight is 174 g/mol. The van der Waals surface area contributed by atoms with Gasteiger partial charge in [0.15, 0.2) is 0 Å². The van der Waals surface area contributed by atoms with E-state index in [4.69, 9.17) is 5.11 Å². The zero-order valence-electron chi connectivity index (χ0n) is 7.09. The molecule has 0 aliphatic carbocycles. The van der Waals surface area contributed by atoms with Gasteiger partial charge < -0.3 is 9.67 Å². The molecule has 3 heteroatoms. The van der Waals surface area contributed by atoms with E-state index in [9.17, 15) is 0 Å². The lowest BCUT2D eigenvalue weighted by Crippen LogP contribution is -1.97. The zero-order chi connectivity index (χ0) is 9.10. The van der Waals surface area contributed by atoms with E-state index >= 15 is 0 Å². The third-order valence-electron chi connectivity index (χ3n) is 1.82. The van der Waals surface area contributed by atoms with Crippen LogP contribution < -0.4 is 0 Å². The quantitative estimate of drug-likeness (QED) is 0.746. The van der Waals surface area contributed by atoms with Crippen LogP contribution in [0.15, 0.2) is 42.7 Å². The van der Waals surface area contributed by atoms with E-state index in [1.165, 1.54) is 0 Å². The zero-order valence-corrected chi connectivity index (χ0v) is 7.09.